The largest absolute Gasteiger partial charge is 0.495 e. The number of benzene rings is 3. The maximum absolute atomic E-state index is 13.3. The Morgan fingerprint density at radius 2 is 1.65 bits per heavy atom. The predicted molar refractivity (Wildman–Crippen MR) is 150 cm³/mol. The zero-order valence-corrected chi connectivity index (χ0v) is 24.1. The van der Waals surface area contributed by atoms with E-state index in [1.807, 2.05) is 6.07 Å². The zero-order chi connectivity index (χ0) is 28.8. The lowest BCUT2D eigenvalue weighted by atomic mass is 10.1. The van der Waals surface area contributed by atoms with E-state index in [0.29, 0.717) is 31.9 Å². The van der Waals surface area contributed by atoms with Gasteiger partial charge in [-0.2, -0.15) is 9.03 Å². The van der Waals surface area contributed by atoms with Gasteiger partial charge < -0.3 is 14.8 Å². The summed E-state index contributed by atoms with van der Waals surface area (Å²) in [5.41, 5.74) is 1.40. The molecule has 3 aromatic rings. The third kappa shape index (κ3) is 7.39. The van der Waals surface area contributed by atoms with Gasteiger partial charge in [0.1, 0.15) is 16.7 Å². The van der Waals surface area contributed by atoms with Crippen molar-refractivity contribution in [1.29, 1.82) is 0 Å². The topological polar surface area (TPSA) is 131 Å². The third-order valence-electron chi connectivity index (χ3n) is 6.31. The minimum atomic E-state index is -4.21. The molecule has 0 aromatic heterocycles. The van der Waals surface area contributed by atoms with Crippen molar-refractivity contribution in [2.24, 2.45) is 0 Å². The highest BCUT2D eigenvalue weighted by molar-refractivity contribution is 7.89. The first-order chi connectivity index (χ1) is 19.1. The Morgan fingerprint density at radius 3 is 2.30 bits per heavy atom. The summed E-state index contributed by atoms with van der Waals surface area (Å²) in [5.74, 6) is -0.471. The number of morpholine rings is 1. The quantitative estimate of drug-likeness (QED) is 0.342. The van der Waals surface area contributed by atoms with Gasteiger partial charge in [-0.05, 0) is 47.9 Å². The molecule has 1 aliphatic rings. The van der Waals surface area contributed by atoms with Crippen molar-refractivity contribution in [3.63, 3.8) is 0 Å². The maximum Gasteiger partial charge on any atom is 0.245 e. The van der Waals surface area contributed by atoms with Gasteiger partial charge in [0, 0.05) is 24.7 Å². The minimum absolute atomic E-state index is 0.0597. The first kappa shape index (κ1) is 30.0. The molecular weight excluding hydrogens is 578 g/mol. The summed E-state index contributed by atoms with van der Waals surface area (Å²) >= 11 is 6.04. The molecule has 1 saturated heterocycles. The number of hydrogen-bond donors (Lipinski definition) is 2. The van der Waals surface area contributed by atoms with Crippen LogP contribution in [0.5, 0.6) is 5.75 Å². The molecule has 10 nitrogen and oxygen atoms in total. The Morgan fingerprint density at radius 1 is 0.975 bits per heavy atom. The summed E-state index contributed by atoms with van der Waals surface area (Å²) in [6.45, 7) is 1.34. The van der Waals surface area contributed by atoms with Gasteiger partial charge in [-0.1, -0.05) is 54.1 Å². The van der Waals surface area contributed by atoms with E-state index in [-0.39, 0.29) is 33.5 Å². The van der Waals surface area contributed by atoms with E-state index in [0.717, 1.165) is 5.56 Å². The van der Waals surface area contributed by atoms with Crippen LogP contribution in [0.1, 0.15) is 11.1 Å². The van der Waals surface area contributed by atoms with E-state index in [4.69, 9.17) is 21.1 Å². The van der Waals surface area contributed by atoms with Crippen molar-refractivity contribution in [2.75, 3.05) is 33.4 Å². The van der Waals surface area contributed by atoms with Gasteiger partial charge in [0.05, 0.1) is 25.2 Å². The molecule has 0 bridgehead atoms. The van der Waals surface area contributed by atoms with Crippen molar-refractivity contribution in [3.8, 4) is 5.75 Å². The molecule has 214 valence electrons. The highest BCUT2D eigenvalue weighted by Gasteiger charge is 2.29. The smallest absolute Gasteiger partial charge is 0.245 e. The number of rotatable bonds is 11. The van der Waals surface area contributed by atoms with Gasteiger partial charge >= 0.3 is 0 Å². The number of amides is 1. The van der Waals surface area contributed by atoms with Crippen molar-refractivity contribution in [1.82, 2.24) is 14.3 Å². The van der Waals surface area contributed by atoms with Gasteiger partial charge in [0.25, 0.3) is 0 Å². The second-order valence-electron chi connectivity index (χ2n) is 9.04. The Balaban J connectivity index is 1.49. The number of hydrogen-bond acceptors (Lipinski definition) is 7. The van der Waals surface area contributed by atoms with Gasteiger partial charge in [-0.3, -0.25) is 4.79 Å². The summed E-state index contributed by atoms with van der Waals surface area (Å²) in [6.07, 6.45) is 0.0888. The number of halogens is 1. The fourth-order valence-electron chi connectivity index (χ4n) is 4.18. The molecule has 0 aliphatic carbocycles. The lowest BCUT2D eigenvalue weighted by molar-refractivity contribution is -0.122. The van der Waals surface area contributed by atoms with Crippen LogP contribution in [0, 0.1) is 0 Å². The summed E-state index contributed by atoms with van der Waals surface area (Å²) < 4.78 is 66.6. The molecule has 1 aliphatic heterocycles. The minimum Gasteiger partial charge on any atom is -0.495 e. The van der Waals surface area contributed by atoms with E-state index >= 15 is 0 Å². The molecule has 4 rings (SSSR count). The van der Waals surface area contributed by atoms with Crippen molar-refractivity contribution in [2.45, 2.75) is 28.8 Å². The molecule has 13 heteroatoms. The maximum atomic E-state index is 13.3. The number of sulfonamides is 2. The lowest BCUT2D eigenvalue weighted by Gasteiger charge is -2.26. The first-order valence-electron chi connectivity index (χ1n) is 12.4. The third-order valence-corrected chi connectivity index (χ3v) is 9.95. The van der Waals surface area contributed by atoms with Crippen molar-refractivity contribution in [3.05, 3.63) is 88.9 Å². The van der Waals surface area contributed by atoms with Gasteiger partial charge in [-0.25, -0.2) is 16.8 Å². The molecule has 1 atom stereocenters. The van der Waals surface area contributed by atoms with Crippen LogP contribution in [0.25, 0.3) is 0 Å². The summed E-state index contributed by atoms with van der Waals surface area (Å²) in [7, 11) is -6.51. The number of carbonyl (C=O) groups excluding carboxylic acids is 1. The fourth-order valence-corrected chi connectivity index (χ4v) is 7.21. The van der Waals surface area contributed by atoms with Gasteiger partial charge in [0.15, 0.2) is 0 Å². The van der Waals surface area contributed by atoms with Crippen LogP contribution in [0.3, 0.4) is 0 Å². The monoisotopic (exact) mass is 607 g/mol. The molecule has 0 spiro atoms. The highest BCUT2D eigenvalue weighted by atomic mass is 35.5. The molecule has 2 N–H and O–H groups in total. The molecule has 40 heavy (non-hydrogen) atoms. The van der Waals surface area contributed by atoms with Crippen LogP contribution in [0.4, 0.5) is 0 Å². The number of methoxy groups -OCH3 is 1. The van der Waals surface area contributed by atoms with E-state index in [1.165, 1.54) is 41.7 Å². The van der Waals surface area contributed by atoms with E-state index in [9.17, 15) is 21.6 Å². The summed E-state index contributed by atoms with van der Waals surface area (Å²) in [5, 5.41) is 2.95. The van der Waals surface area contributed by atoms with Crippen LogP contribution >= 0.6 is 11.6 Å². The Hall–Kier alpha value is -3.00. The van der Waals surface area contributed by atoms with Crippen LogP contribution in [0.2, 0.25) is 5.02 Å². The van der Waals surface area contributed by atoms with E-state index in [1.54, 1.807) is 36.4 Å². The van der Waals surface area contributed by atoms with Gasteiger partial charge in [0.2, 0.25) is 26.0 Å². The lowest BCUT2D eigenvalue weighted by Crippen LogP contribution is -2.47. The summed E-state index contributed by atoms with van der Waals surface area (Å²) in [6, 6.07) is 18.2. The second-order valence-corrected chi connectivity index (χ2v) is 13.1. The number of nitrogens with one attached hydrogen (secondary N) is 2. The molecular formula is C27H30ClN3O7S2. The molecule has 0 saturated carbocycles. The van der Waals surface area contributed by atoms with Crippen LogP contribution in [-0.2, 0) is 42.5 Å². The molecule has 3 aromatic carbocycles. The number of carbonyl (C=O) groups is 1. The van der Waals surface area contributed by atoms with E-state index < -0.39 is 32.0 Å². The summed E-state index contributed by atoms with van der Waals surface area (Å²) in [4.78, 5) is 13.2. The average Bonchev–Trinajstić information content (AvgIpc) is 2.96. The van der Waals surface area contributed by atoms with Crippen LogP contribution in [-0.4, -0.2) is 66.5 Å². The molecule has 0 radical (unpaired) electrons. The van der Waals surface area contributed by atoms with Crippen molar-refractivity contribution < 1.29 is 31.1 Å². The zero-order valence-electron chi connectivity index (χ0n) is 21.7. The molecule has 0 unspecified atom stereocenters. The SMILES string of the molecule is COc1ccc(Cl)cc1S(=O)(=O)N[C@H](Cc1ccccc1)C(=O)NCc1ccc(S(=O)(=O)N2CCOCC2)cc1. The Kier molecular flexibility index (Phi) is 9.82. The van der Waals surface area contributed by atoms with Crippen LogP contribution in [0.15, 0.2) is 82.6 Å². The number of ether oxygens (including phenoxy) is 2. The highest BCUT2D eigenvalue weighted by Crippen LogP contribution is 2.27. The van der Waals surface area contributed by atoms with Gasteiger partial charge in [-0.15, -0.1) is 0 Å². The van der Waals surface area contributed by atoms with E-state index in [2.05, 4.69) is 10.0 Å². The molecule has 1 amide bonds. The Labute approximate surface area is 239 Å². The predicted octanol–water partition coefficient (Wildman–Crippen LogP) is 2.58. The van der Waals surface area contributed by atoms with Crippen molar-refractivity contribution >= 4 is 37.6 Å². The normalized spacial score (nSPS) is 15.3. The second kappa shape index (κ2) is 13.1. The number of nitrogens with zero attached hydrogens (tertiary/aromatic N) is 1. The standard InChI is InChI=1S/C27H30ClN3O7S2/c1-37-25-12-9-22(28)18-26(25)39(33,34)30-24(17-20-5-3-2-4-6-20)27(32)29-19-21-7-10-23(11-8-21)40(35,36)31-13-15-38-16-14-31/h2-12,18,24,30H,13-17,19H2,1H3,(H,29,32)/t24-/m1/s1. The average molecular weight is 608 g/mol. The molecule has 1 heterocycles. The van der Waals surface area contributed by atoms with Crippen LogP contribution < -0.4 is 14.8 Å². The Bertz CT molecular complexity index is 1530. The molecule has 1 fully saturated rings. The fraction of sp³-hybridized carbons (Fsp3) is 0.296. The first-order valence-corrected chi connectivity index (χ1v) is 15.7.